The third-order valence-corrected chi connectivity index (χ3v) is 3.08. The van der Waals surface area contributed by atoms with E-state index in [0.29, 0.717) is 0 Å². The lowest BCUT2D eigenvalue weighted by atomic mass is 10.1. The van der Waals surface area contributed by atoms with Gasteiger partial charge in [0.1, 0.15) is 5.75 Å². The van der Waals surface area contributed by atoms with Crippen molar-refractivity contribution in [1.29, 1.82) is 0 Å². The van der Waals surface area contributed by atoms with E-state index in [0.717, 1.165) is 12.1 Å². The van der Waals surface area contributed by atoms with Crippen LogP contribution in [-0.2, 0) is 0 Å². The van der Waals surface area contributed by atoms with Crippen LogP contribution in [0.5, 0.6) is 11.6 Å². The molecule has 3 aromatic rings. The molecule has 0 spiro atoms. The molecule has 0 saturated heterocycles. The van der Waals surface area contributed by atoms with Crippen molar-refractivity contribution in [1.82, 2.24) is 14.6 Å². The fraction of sp³-hybridized carbons (Fsp3) is 0.200. The summed E-state index contributed by atoms with van der Waals surface area (Å²) in [5.74, 6) is -0.758. The first kappa shape index (κ1) is 17.8. The molecule has 0 amide bonds. The Morgan fingerprint density at radius 1 is 1.00 bits per heavy atom. The summed E-state index contributed by atoms with van der Waals surface area (Å²) in [5, 5.41) is 3.89. The highest BCUT2D eigenvalue weighted by atomic mass is 19.4. The largest absolute Gasteiger partial charge is 0.573 e. The number of hydrogen-bond donors (Lipinski definition) is 0. The summed E-state index contributed by atoms with van der Waals surface area (Å²) < 4.78 is 83.3. The second kappa shape index (κ2) is 6.39. The summed E-state index contributed by atoms with van der Waals surface area (Å²) >= 11 is 0. The van der Waals surface area contributed by atoms with Gasteiger partial charge in [0.15, 0.2) is 12.3 Å². The smallest absolute Gasteiger partial charge is 0.467 e. The number of fused-ring (bicyclic) bond motifs is 1. The maximum atomic E-state index is 12.3. The molecular weight excluding hydrogens is 368 g/mol. The number of benzene rings is 1. The van der Waals surface area contributed by atoms with E-state index in [4.69, 9.17) is 0 Å². The van der Waals surface area contributed by atoms with Gasteiger partial charge in [-0.2, -0.15) is 13.2 Å². The van der Waals surface area contributed by atoms with E-state index in [-0.39, 0.29) is 22.8 Å². The first-order valence-corrected chi connectivity index (χ1v) is 7.01. The van der Waals surface area contributed by atoms with Crippen LogP contribution in [0.2, 0.25) is 0 Å². The maximum Gasteiger partial charge on any atom is 0.573 e. The molecule has 138 valence electrons. The first-order chi connectivity index (χ1) is 12.1. The third-order valence-electron chi connectivity index (χ3n) is 3.08. The molecular formula is C15H9F6N3O2. The molecule has 0 fully saturated rings. The zero-order valence-corrected chi connectivity index (χ0v) is 12.7. The molecule has 0 aliphatic rings. The van der Waals surface area contributed by atoms with E-state index >= 15 is 0 Å². The van der Waals surface area contributed by atoms with E-state index in [2.05, 4.69) is 19.6 Å². The summed E-state index contributed by atoms with van der Waals surface area (Å²) in [4.78, 5) is 4.01. The van der Waals surface area contributed by atoms with Gasteiger partial charge in [0.25, 0.3) is 0 Å². The van der Waals surface area contributed by atoms with Crippen molar-refractivity contribution >= 4 is 5.65 Å². The van der Waals surface area contributed by atoms with E-state index in [9.17, 15) is 26.3 Å². The van der Waals surface area contributed by atoms with Gasteiger partial charge in [-0.15, -0.1) is 18.3 Å². The van der Waals surface area contributed by atoms with Gasteiger partial charge in [-0.1, -0.05) is 12.1 Å². The minimum absolute atomic E-state index is 0.255. The molecule has 0 saturated carbocycles. The Balaban J connectivity index is 1.94. The van der Waals surface area contributed by atoms with Crippen LogP contribution < -0.4 is 9.47 Å². The fourth-order valence-electron chi connectivity index (χ4n) is 2.14. The number of nitrogens with zero attached hydrogens (tertiary/aromatic N) is 3. The predicted molar refractivity (Wildman–Crippen MR) is 76.7 cm³/mol. The number of halogens is 6. The van der Waals surface area contributed by atoms with Crippen molar-refractivity contribution in [3.05, 3.63) is 42.6 Å². The maximum absolute atomic E-state index is 12.3. The summed E-state index contributed by atoms with van der Waals surface area (Å²) in [7, 11) is 0. The highest BCUT2D eigenvalue weighted by Crippen LogP contribution is 2.28. The lowest BCUT2D eigenvalue weighted by Gasteiger charge is -2.10. The monoisotopic (exact) mass is 377 g/mol. The average Bonchev–Trinajstić information content (AvgIpc) is 2.94. The number of alkyl halides is 6. The standard InChI is InChI=1S/C15H9F6N3O2/c16-14(17,18)8-25-13-5-4-12-22-7-11(24(12)23-13)9-2-1-3-10(6-9)26-15(19,20)21/h1-7H,8H2. The van der Waals surface area contributed by atoms with Gasteiger partial charge in [0, 0.05) is 11.6 Å². The van der Waals surface area contributed by atoms with Crippen molar-refractivity contribution in [2.75, 3.05) is 6.61 Å². The molecule has 0 radical (unpaired) electrons. The highest BCUT2D eigenvalue weighted by molar-refractivity contribution is 5.64. The van der Waals surface area contributed by atoms with Gasteiger partial charge in [0.05, 0.1) is 11.9 Å². The normalized spacial score (nSPS) is 12.4. The molecule has 0 aliphatic heterocycles. The molecule has 0 atom stereocenters. The number of rotatable bonds is 4. The Kier molecular flexibility index (Phi) is 4.38. The molecule has 2 heterocycles. The zero-order valence-electron chi connectivity index (χ0n) is 12.7. The lowest BCUT2D eigenvalue weighted by molar-refractivity contribution is -0.274. The highest BCUT2D eigenvalue weighted by Gasteiger charge is 2.31. The van der Waals surface area contributed by atoms with E-state index < -0.39 is 24.9 Å². The van der Waals surface area contributed by atoms with Gasteiger partial charge in [-0.25, -0.2) is 9.50 Å². The molecule has 2 aromatic heterocycles. The van der Waals surface area contributed by atoms with Crippen molar-refractivity contribution in [3.8, 4) is 22.9 Å². The molecule has 26 heavy (non-hydrogen) atoms. The molecule has 11 heteroatoms. The quantitative estimate of drug-likeness (QED) is 0.639. The number of imidazole rings is 1. The van der Waals surface area contributed by atoms with E-state index in [1.807, 2.05) is 0 Å². The number of aromatic nitrogens is 3. The van der Waals surface area contributed by atoms with Crippen LogP contribution in [0.1, 0.15) is 0 Å². The number of hydrogen-bond acceptors (Lipinski definition) is 4. The van der Waals surface area contributed by atoms with E-state index in [1.54, 1.807) is 0 Å². The van der Waals surface area contributed by atoms with Crippen molar-refractivity contribution < 1.29 is 35.8 Å². The average molecular weight is 377 g/mol. The van der Waals surface area contributed by atoms with Gasteiger partial charge >= 0.3 is 12.5 Å². The number of ether oxygens (including phenoxy) is 2. The van der Waals surface area contributed by atoms with Crippen LogP contribution in [0, 0.1) is 0 Å². The first-order valence-electron chi connectivity index (χ1n) is 7.01. The van der Waals surface area contributed by atoms with Crippen molar-refractivity contribution in [2.24, 2.45) is 0 Å². The van der Waals surface area contributed by atoms with Crippen LogP contribution in [-0.4, -0.2) is 33.7 Å². The molecule has 3 rings (SSSR count). The molecule has 0 N–H and O–H groups in total. The van der Waals surface area contributed by atoms with Crippen LogP contribution in [0.25, 0.3) is 16.9 Å². The van der Waals surface area contributed by atoms with Crippen LogP contribution in [0.4, 0.5) is 26.3 Å². The second-order valence-corrected chi connectivity index (χ2v) is 5.06. The summed E-state index contributed by atoms with van der Waals surface area (Å²) in [5.41, 5.74) is 0.811. The van der Waals surface area contributed by atoms with Crippen molar-refractivity contribution in [2.45, 2.75) is 12.5 Å². The third kappa shape index (κ3) is 4.35. The zero-order chi connectivity index (χ0) is 18.9. The second-order valence-electron chi connectivity index (χ2n) is 5.06. The molecule has 1 aromatic carbocycles. The van der Waals surface area contributed by atoms with Gasteiger partial charge in [0.2, 0.25) is 5.88 Å². The minimum atomic E-state index is -4.85. The van der Waals surface area contributed by atoms with Crippen LogP contribution in [0.3, 0.4) is 0 Å². The molecule has 0 unspecified atom stereocenters. The Labute approximate surface area is 141 Å². The summed E-state index contributed by atoms with van der Waals surface area (Å²) in [6.45, 7) is -1.52. The Morgan fingerprint density at radius 3 is 2.46 bits per heavy atom. The summed E-state index contributed by atoms with van der Waals surface area (Å²) in [6.07, 6.45) is -8.06. The Morgan fingerprint density at radius 2 is 1.77 bits per heavy atom. The van der Waals surface area contributed by atoms with E-state index in [1.165, 1.54) is 35.0 Å². The minimum Gasteiger partial charge on any atom is -0.467 e. The molecule has 0 bridgehead atoms. The Bertz CT molecular complexity index is 920. The predicted octanol–water partition coefficient (Wildman–Crippen LogP) is 4.24. The fourth-order valence-corrected chi connectivity index (χ4v) is 2.14. The van der Waals surface area contributed by atoms with Crippen molar-refractivity contribution in [3.63, 3.8) is 0 Å². The van der Waals surface area contributed by atoms with Crippen LogP contribution in [0.15, 0.2) is 42.6 Å². The molecule has 0 aliphatic carbocycles. The lowest BCUT2D eigenvalue weighted by Crippen LogP contribution is -2.20. The Hall–Kier alpha value is -2.98. The summed E-state index contributed by atoms with van der Waals surface area (Å²) in [6, 6.07) is 7.63. The van der Waals surface area contributed by atoms with Gasteiger partial charge in [-0.3, -0.25) is 0 Å². The topological polar surface area (TPSA) is 48.7 Å². The molecule has 5 nitrogen and oxygen atoms in total. The van der Waals surface area contributed by atoms with Crippen LogP contribution >= 0.6 is 0 Å². The SMILES string of the molecule is FC(F)(F)COc1ccc2ncc(-c3cccc(OC(F)(F)F)c3)n2n1. The van der Waals surface area contributed by atoms with Gasteiger partial charge in [-0.05, 0) is 18.2 Å². The van der Waals surface area contributed by atoms with Gasteiger partial charge < -0.3 is 9.47 Å².